The molecule has 7 aromatic rings. The van der Waals surface area contributed by atoms with E-state index in [0.717, 1.165) is 67.5 Å². The Labute approximate surface area is 314 Å². The monoisotopic (exact) mass is 839 g/mol. The van der Waals surface area contributed by atoms with Crippen LogP contribution in [-0.4, -0.2) is 16.7 Å². The van der Waals surface area contributed by atoms with Gasteiger partial charge in [0.15, 0.2) is 0 Å². The molecule has 0 aliphatic carbocycles. The molecule has 5 aromatic carbocycles. The number of rotatable bonds is 3. The predicted octanol–water partition coefficient (Wildman–Crippen LogP) is 9.03. The maximum absolute atomic E-state index is 6.58. The summed E-state index contributed by atoms with van der Waals surface area (Å²) in [4.78, 5) is 9.26. The number of aryl methyl sites for hydroxylation is 5. The summed E-state index contributed by atoms with van der Waals surface area (Å²) in [6.07, 6.45) is 3.87. The standard InChI is InChI=1S/C33H25BNO2.C12H10N.Ir/c1-19-15-21(3)31(22(4)16-19)24-18-35-27(17-20(24)2)23-13-14-30-32-33(23)37-29-12-8-6-10-26(29)34(32)25-9-5-7-11-28(25)36-30;1-10-7-8-12(13-9-10)11-5-3-2-4-6-11;/h5-12,14-18H,1-4H3;2-5,7-9H,1H3;/q2*-1;. The van der Waals surface area contributed by atoms with Gasteiger partial charge in [0, 0.05) is 49.6 Å². The maximum atomic E-state index is 6.58. The molecule has 2 aliphatic rings. The molecule has 51 heavy (non-hydrogen) atoms. The molecule has 0 N–H and O–H groups in total. The summed E-state index contributed by atoms with van der Waals surface area (Å²) in [5.41, 5.74) is 15.6. The minimum atomic E-state index is 0. The summed E-state index contributed by atoms with van der Waals surface area (Å²) in [5.74, 6) is 3.31. The molecule has 1 radical (unpaired) electrons. The van der Waals surface area contributed by atoms with Gasteiger partial charge in [0.05, 0.1) is 0 Å². The Balaban J connectivity index is 0.000000245. The summed E-state index contributed by atoms with van der Waals surface area (Å²) in [5, 5.41) is 0. The summed E-state index contributed by atoms with van der Waals surface area (Å²) in [7, 11) is 0. The molecule has 2 aliphatic heterocycles. The van der Waals surface area contributed by atoms with Gasteiger partial charge in [0.1, 0.15) is 11.5 Å². The van der Waals surface area contributed by atoms with Crippen molar-refractivity contribution in [3.05, 3.63) is 162 Å². The molecular weight excluding hydrogens is 804 g/mol. The predicted molar refractivity (Wildman–Crippen MR) is 204 cm³/mol. The molecule has 0 unspecified atom stereocenters. The van der Waals surface area contributed by atoms with Crippen LogP contribution in [0.4, 0.5) is 0 Å². The minimum Gasteiger partial charge on any atom is -0.503 e. The fraction of sp³-hybridized carbons (Fsp3) is 0.111. The molecule has 2 aromatic heterocycles. The van der Waals surface area contributed by atoms with Crippen LogP contribution < -0.4 is 25.9 Å². The number of aromatic nitrogens is 2. The molecule has 0 fully saturated rings. The largest absolute Gasteiger partial charge is 0.503 e. The SMILES string of the molecule is Cc1cc(C)c(-c2cnc(-c3[c-]cc4c5c3Oc3ccccc3B5c3ccccc3O4)cc2C)c(C)c1.Cc1ccc(-c2[c-]cccc2)nc1.[Ir]. The second-order valence-electron chi connectivity index (χ2n) is 13.1. The summed E-state index contributed by atoms with van der Waals surface area (Å²) >= 11 is 0. The van der Waals surface area contributed by atoms with Crippen LogP contribution in [0.25, 0.3) is 33.6 Å². The number of fused-ring (bicyclic) bond motifs is 4. The number of hydrogen-bond donors (Lipinski definition) is 0. The van der Waals surface area contributed by atoms with Crippen molar-refractivity contribution in [3.8, 4) is 56.6 Å². The van der Waals surface area contributed by atoms with E-state index in [9.17, 15) is 0 Å². The number of hydrogen-bond acceptors (Lipinski definition) is 4. The first-order valence-corrected chi connectivity index (χ1v) is 16.9. The second kappa shape index (κ2) is 14.1. The maximum Gasteiger partial charge on any atom is 0.239 e. The molecular formula is C45H35BIrN2O2-2. The smallest absolute Gasteiger partial charge is 0.239 e. The van der Waals surface area contributed by atoms with Crippen molar-refractivity contribution in [1.29, 1.82) is 0 Å². The van der Waals surface area contributed by atoms with E-state index in [0.29, 0.717) is 0 Å². The fourth-order valence-corrected chi connectivity index (χ4v) is 7.25. The normalized spacial score (nSPS) is 11.7. The van der Waals surface area contributed by atoms with Crippen molar-refractivity contribution < 1.29 is 29.6 Å². The van der Waals surface area contributed by atoms with E-state index in [2.05, 4.69) is 93.3 Å². The van der Waals surface area contributed by atoms with Crippen molar-refractivity contribution in [2.45, 2.75) is 34.6 Å². The molecule has 4 nitrogen and oxygen atoms in total. The van der Waals surface area contributed by atoms with Crippen molar-refractivity contribution in [1.82, 2.24) is 9.97 Å². The zero-order chi connectivity index (χ0) is 34.4. The van der Waals surface area contributed by atoms with Gasteiger partial charge in [-0.2, -0.15) is 0 Å². The van der Waals surface area contributed by atoms with Gasteiger partial charge in [-0.3, -0.25) is 0 Å². The topological polar surface area (TPSA) is 44.2 Å². The average molecular weight is 839 g/mol. The van der Waals surface area contributed by atoms with Gasteiger partial charge in [0.25, 0.3) is 0 Å². The first-order chi connectivity index (χ1) is 24.4. The summed E-state index contributed by atoms with van der Waals surface area (Å²) in [6, 6.07) is 43.6. The van der Waals surface area contributed by atoms with Gasteiger partial charge in [-0.05, 0) is 96.9 Å². The van der Waals surface area contributed by atoms with E-state index in [4.69, 9.17) is 14.5 Å². The van der Waals surface area contributed by atoms with Crippen LogP contribution in [-0.2, 0) is 20.1 Å². The van der Waals surface area contributed by atoms with E-state index >= 15 is 0 Å². The van der Waals surface area contributed by atoms with E-state index < -0.39 is 0 Å². The van der Waals surface area contributed by atoms with Crippen molar-refractivity contribution in [3.63, 3.8) is 0 Å². The van der Waals surface area contributed by atoms with Crippen LogP contribution in [0.3, 0.4) is 0 Å². The molecule has 0 amide bonds. The Hall–Kier alpha value is -5.29. The molecule has 251 valence electrons. The van der Waals surface area contributed by atoms with E-state index in [1.807, 2.05) is 80.0 Å². The quantitative estimate of drug-likeness (QED) is 0.132. The van der Waals surface area contributed by atoms with Crippen LogP contribution in [0.15, 0.2) is 122 Å². The van der Waals surface area contributed by atoms with Gasteiger partial charge >= 0.3 is 0 Å². The van der Waals surface area contributed by atoms with E-state index in [1.165, 1.54) is 33.4 Å². The van der Waals surface area contributed by atoms with Gasteiger partial charge in [-0.1, -0.05) is 83.3 Å². The third-order valence-corrected chi connectivity index (χ3v) is 9.48. The molecule has 9 rings (SSSR count). The van der Waals surface area contributed by atoms with Gasteiger partial charge in [0.2, 0.25) is 6.71 Å². The molecule has 0 saturated carbocycles. The molecule has 0 spiro atoms. The Morgan fingerprint density at radius 3 is 1.90 bits per heavy atom. The first-order valence-electron chi connectivity index (χ1n) is 16.9. The molecule has 6 heteroatoms. The second-order valence-corrected chi connectivity index (χ2v) is 13.1. The van der Waals surface area contributed by atoms with Gasteiger partial charge in [-0.25, -0.2) is 0 Å². The zero-order valence-corrected chi connectivity index (χ0v) is 31.6. The summed E-state index contributed by atoms with van der Waals surface area (Å²) < 4.78 is 12.9. The third kappa shape index (κ3) is 6.42. The van der Waals surface area contributed by atoms with E-state index in [1.54, 1.807) is 0 Å². The minimum absolute atomic E-state index is 0. The van der Waals surface area contributed by atoms with Gasteiger partial charge in [-0.15, -0.1) is 48.0 Å². The van der Waals surface area contributed by atoms with Crippen LogP contribution in [0.2, 0.25) is 0 Å². The average Bonchev–Trinajstić information content (AvgIpc) is 3.13. The van der Waals surface area contributed by atoms with Crippen molar-refractivity contribution in [2.75, 3.05) is 0 Å². The number of nitrogens with zero attached hydrogens (tertiary/aromatic N) is 2. The van der Waals surface area contributed by atoms with Crippen LogP contribution >= 0.6 is 0 Å². The molecule has 0 atom stereocenters. The Kier molecular flexibility index (Phi) is 9.48. The third-order valence-electron chi connectivity index (χ3n) is 9.48. The number of benzene rings is 5. The first kappa shape index (κ1) is 34.2. The Bertz CT molecular complexity index is 2360. The Morgan fingerprint density at radius 1 is 0.588 bits per heavy atom. The Morgan fingerprint density at radius 2 is 1.25 bits per heavy atom. The number of pyridine rings is 2. The molecule has 0 saturated heterocycles. The zero-order valence-electron chi connectivity index (χ0n) is 29.2. The fourth-order valence-electron chi connectivity index (χ4n) is 7.25. The molecule has 4 heterocycles. The van der Waals surface area contributed by atoms with Gasteiger partial charge < -0.3 is 19.4 Å². The molecule has 0 bridgehead atoms. The number of para-hydroxylation sites is 2. The van der Waals surface area contributed by atoms with Crippen LogP contribution in [0, 0.1) is 46.8 Å². The van der Waals surface area contributed by atoms with Crippen LogP contribution in [0.5, 0.6) is 23.0 Å². The van der Waals surface area contributed by atoms with E-state index in [-0.39, 0.29) is 26.8 Å². The van der Waals surface area contributed by atoms with Crippen molar-refractivity contribution >= 4 is 23.1 Å². The van der Waals surface area contributed by atoms with Crippen LogP contribution in [0.1, 0.15) is 27.8 Å². The summed E-state index contributed by atoms with van der Waals surface area (Å²) in [6.45, 7) is 10.7. The van der Waals surface area contributed by atoms with Crippen molar-refractivity contribution in [2.24, 2.45) is 0 Å². The number of ether oxygens (including phenoxy) is 2.